The predicted octanol–water partition coefficient (Wildman–Crippen LogP) is 1.71. The van der Waals surface area contributed by atoms with Crippen LogP contribution in [0.5, 0.6) is 0 Å². The van der Waals surface area contributed by atoms with Gasteiger partial charge < -0.3 is 4.90 Å². The maximum atomic E-state index is 12.8. The number of benzene rings is 2. The van der Waals surface area contributed by atoms with Crippen molar-refractivity contribution in [3.8, 4) is 17.2 Å². The summed E-state index contributed by atoms with van der Waals surface area (Å²) >= 11 is 0. The summed E-state index contributed by atoms with van der Waals surface area (Å²) in [4.78, 5) is 38.5. The second-order valence-corrected chi connectivity index (χ2v) is 9.44. The lowest BCUT2D eigenvalue weighted by molar-refractivity contribution is -0.156. The molecule has 1 aliphatic heterocycles. The van der Waals surface area contributed by atoms with Crippen molar-refractivity contribution in [1.82, 2.24) is 14.9 Å². The van der Waals surface area contributed by atoms with Crippen molar-refractivity contribution >= 4 is 33.5 Å². The van der Waals surface area contributed by atoms with E-state index in [9.17, 15) is 28.0 Å². The summed E-state index contributed by atoms with van der Waals surface area (Å²) in [6, 6.07) is 13.6. The highest BCUT2D eigenvalue weighted by atomic mass is 32.2. The first-order valence-corrected chi connectivity index (χ1v) is 11.7. The number of rotatable bonds is 8. The second kappa shape index (κ2) is 10.1. The number of hydroxylamine groups is 2. The molecule has 2 aromatic carbocycles. The third kappa shape index (κ3) is 4.94. The van der Waals surface area contributed by atoms with E-state index in [1.807, 2.05) is 24.3 Å². The zero-order valence-electron chi connectivity index (χ0n) is 19.4. The number of hydrogen-bond donors (Lipinski definition) is 1. The zero-order chi connectivity index (χ0) is 25.9. The van der Waals surface area contributed by atoms with Crippen LogP contribution < -0.4 is 0 Å². The molecule has 1 unspecified atom stereocenters. The summed E-state index contributed by atoms with van der Waals surface area (Å²) in [5.41, 5.74) is 1.41. The fourth-order valence-electron chi connectivity index (χ4n) is 3.85. The first-order chi connectivity index (χ1) is 16.5. The van der Waals surface area contributed by atoms with Gasteiger partial charge in [-0.05, 0) is 36.1 Å². The molecule has 1 atom stereocenters. The van der Waals surface area contributed by atoms with Crippen LogP contribution in [0.4, 0.5) is 4.79 Å². The Morgan fingerprint density at radius 1 is 1.17 bits per heavy atom. The Bertz CT molecular complexity index is 1340. The van der Waals surface area contributed by atoms with Crippen LogP contribution in [-0.4, -0.2) is 76.9 Å². The summed E-state index contributed by atoms with van der Waals surface area (Å²) in [5.74, 6) is -0.585. The quantitative estimate of drug-likeness (QED) is 0.147. The Morgan fingerprint density at radius 3 is 2.34 bits per heavy atom. The van der Waals surface area contributed by atoms with E-state index in [1.165, 1.54) is 24.1 Å². The van der Waals surface area contributed by atoms with Crippen molar-refractivity contribution in [2.45, 2.75) is 31.8 Å². The summed E-state index contributed by atoms with van der Waals surface area (Å²) in [7, 11) is -1.47. The minimum Gasteiger partial charge on any atom is -0.313 e. The van der Waals surface area contributed by atoms with E-state index < -0.39 is 40.4 Å². The van der Waals surface area contributed by atoms with Gasteiger partial charge in [0.25, 0.3) is 5.91 Å². The van der Waals surface area contributed by atoms with Gasteiger partial charge in [0.1, 0.15) is 16.4 Å². The molecule has 10 nitrogen and oxygen atoms in total. The van der Waals surface area contributed by atoms with Crippen molar-refractivity contribution in [2.24, 2.45) is 0 Å². The van der Waals surface area contributed by atoms with Crippen molar-refractivity contribution in [1.29, 1.82) is 5.26 Å². The number of urea groups is 1. The Morgan fingerprint density at radius 2 is 1.83 bits per heavy atom. The molecule has 35 heavy (non-hydrogen) atoms. The number of likely N-dealkylation sites (N-methyl/N-ethyl adjacent to an activating group) is 1. The van der Waals surface area contributed by atoms with Gasteiger partial charge in [0.2, 0.25) is 16.7 Å². The fraction of sp³-hybridized carbons (Fsp3) is 0.292. The van der Waals surface area contributed by atoms with Crippen molar-refractivity contribution in [3.05, 3.63) is 59.7 Å². The number of hydrogen-bond acceptors (Lipinski definition) is 7. The van der Waals surface area contributed by atoms with E-state index in [-0.39, 0.29) is 28.3 Å². The van der Waals surface area contributed by atoms with Gasteiger partial charge in [-0.2, -0.15) is 13.7 Å². The maximum Gasteiger partial charge on any atom is 0.327 e. The van der Waals surface area contributed by atoms with Crippen LogP contribution in [-0.2, 0) is 26.3 Å². The maximum absolute atomic E-state index is 12.8. The number of imide groups is 1. The van der Waals surface area contributed by atoms with Gasteiger partial charge in [-0.15, -0.1) is 0 Å². The van der Waals surface area contributed by atoms with E-state index in [0.29, 0.717) is 0 Å². The molecule has 0 radical (unpaired) electrons. The number of carbonyl (C=O) groups excluding carboxylic acids is 3. The van der Waals surface area contributed by atoms with Crippen LogP contribution in [0.15, 0.2) is 48.5 Å². The normalized spacial score (nSPS) is 15.5. The van der Waals surface area contributed by atoms with E-state index >= 15 is 0 Å². The summed E-state index contributed by atoms with van der Waals surface area (Å²) < 4.78 is 24.5. The molecule has 0 aromatic heterocycles. The molecule has 1 saturated heterocycles. The highest BCUT2D eigenvalue weighted by molar-refractivity contribution is 7.73. The molecule has 0 spiro atoms. The molecule has 2 aromatic rings. The van der Waals surface area contributed by atoms with E-state index in [0.717, 1.165) is 21.6 Å². The third-order valence-electron chi connectivity index (χ3n) is 6.10. The van der Waals surface area contributed by atoms with Crippen molar-refractivity contribution in [3.63, 3.8) is 0 Å². The fourth-order valence-corrected chi connectivity index (χ4v) is 4.59. The molecule has 182 valence electrons. The van der Waals surface area contributed by atoms with Crippen molar-refractivity contribution in [2.75, 3.05) is 13.6 Å². The molecule has 1 N–H and O–H groups in total. The molecule has 11 heteroatoms. The minimum atomic E-state index is -2.91. The lowest BCUT2D eigenvalue weighted by atomic mass is 9.98. The molecule has 0 aliphatic carbocycles. The van der Waals surface area contributed by atoms with Crippen molar-refractivity contribution < 1.29 is 28.0 Å². The highest BCUT2D eigenvalue weighted by Gasteiger charge is 2.50. The molecule has 4 amide bonds. The van der Waals surface area contributed by atoms with Gasteiger partial charge in [-0.3, -0.25) is 19.7 Å². The second-order valence-electron chi connectivity index (χ2n) is 8.53. The van der Waals surface area contributed by atoms with Crippen LogP contribution >= 0.6 is 0 Å². The van der Waals surface area contributed by atoms with Crippen LogP contribution in [0.2, 0.25) is 0 Å². The predicted molar refractivity (Wildman–Crippen MR) is 127 cm³/mol. The number of carbonyl (C=O) groups is 3. The molecule has 1 fully saturated rings. The van der Waals surface area contributed by atoms with Crippen LogP contribution in [0.1, 0.15) is 25.0 Å². The monoisotopic (exact) mass is 496 g/mol. The van der Waals surface area contributed by atoms with Gasteiger partial charge >= 0.3 is 6.03 Å². The lowest BCUT2D eigenvalue weighted by Gasteiger charge is -2.26. The third-order valence-corrected chi connectivity index (χ3v) is 6.97. The Labute approximate surface area is 204 Å². The molecule has 1 aliphatic rings. The van der Waals surface area contributed by atoms with E-state index in [4.69, 9.17) is 5.26 Å². The first kappa shape index (κ1) is 25.6. The molecular formula is C24H24N4O6S. The summed E-state index contributed by atoms with van der Waals surface area (Å²) in [5, 5.41) is 19.3. The van der Waals surface area contributed by atoms with Crippen LogP contribution in [0, 0.1) is 11.3 Å². The SMILES string of the molecule is CN1C(=O)N(CC(C(c2ccc(-c3cccc(CC#N)c3)cc2)=S(=O)=O)N(O)C=O)C(=O)C1(C)C. The van der Waals surface area contributed by atoms with Gasteiger partial charge in [-0.25, -0.2) is 9.86 Å². The molecule has 0 saturated carbocycles. The van der Waals surface area contributed by atoms with E-state index in [1.54, 1.807) is 26.0 Å². The smallest absolute Gasteiger partial charge is 0.313 e. The lowest BCUT2D eigenvalue weighted by Crippen LogP contribution is -2.50. The first-order valence-electron chi connectivity index (χ1n) is 10.6. The largest absolute Gasteiger partial charge is 0.327 e. The van der Waals surface area contributed by atoms with Gasteiger partial charge in [0.05, 0.1) is 19.0 Å². The Hall–Kier alpha value is -4.01. The van der Waals surface area contributed by atoms with Gasteiger partial charge in [0, 0.05) is 7.05 Å². The van der Waals surface area contributed by atoms with E-state index in [2.05, 4.69) is 6.07 Å². The highest BCUT2D eigenvalue weighted by Crippen LogP contribution is 2.27. The minimum absolute atomic E-state index is 0.0203. The summed E-state index contributed by atoms with van der Waals surface area (Å²) in [6.07, 6.45) is 0.269. The molecule has 3 rings (SSSR count). The average molecular weight is 497 g/mol. The Kier molecular flexibility index (Phi) is 7.38. The number of nitrogens with zero attached hydrogens (tertiary/aromatic N) is 4. The standard InChI is InChI=1S/C24H24N4O6S/c1-24(2)22(30)27(23(31)26(24)3)14-20(28(32)15-29)21(35(33)34)18-9-7-17(8-10-18)19-6-4-5-16(13-19)11-12-25/h4-10,13,15,20,32H,11,14H2,1-3H3. The van der Waals surface area contributed by atoms with Gasteiger partial charge in [-0.1, -0.05) is 48.5 Å². The van der Waals surface area contributed by atoms with Crippen LogP contribution in [0.3, 0.4) is 0 Å². The molecular weight excluding hydrogens is 472 g/mol. The zero-order valence-corrected chi connectivity index (χ0v) is 20.2. The van der Waals surface area contributed by atoms with Gasteiger partial charge in [0.15, 0.2) is 0 Å². The topological polar surface area (TPSA) is 139 Å². The van der Waals surface area contributed by atoms with Crippen LogP contribution in [0.25, 0.3) is 11.1 Å². The Balaban J connectivity index is 1.99. The average Bonchev–Trinajstić information content (AvgIpc) is 2.98. The molecule has 1 heterocycles. The number of amides is 4. The molecule has 0 bridgehead atoms. The summed E-state index contributed by atoms with van der Waals surface area (Å²) in [6.45, 7) is 2.53. The number of nitriles is 1.